The van der Waals surface area contributed by atoms with Crippen LogP contribution in [0.4, 0.5) is 0 Å². The molecular weight excluding hydrogens is 412 g/mol. The lowest BCUT2D eigenvalue weighted by Crippen LogP contribution is -2.25. The zero-order valence-corrected chi connectivity index (χ0v) is 20.2. The van der Waals surface area contributed by atoms with Crippen molar-refractivity contribution in [3.8, 4) is 11.1 Å². The van der Waals surface area contributed by atoms with Crippen molar-refractivity contribution in [2.45, 2.75) is 96.3 Å². The third kappa shape index (κ3) is 6.25. The fourth-order valence-corrected chi connectivity index (χ4v) is 5.50. The van der Waals surface area contributed by atoms with Crippen molar-refractivity contribution in [3.63, 3.8) is 0 Å². The normalized spacial score (nSPS) is 13.5. The number of unbranched alkanes of at least 4 members (excludes halogenated alkanes) is 6. The van der Waals surface area contributed by atoms with Crippen molar-refractivity contribution in [1.29, 1.82) is 0 Å². The smallest absolute Gasteiger partial charge is 0.303 e. The lowest BCUT2D eigenvalue weighted by atomic mass is 9.70. The molecule has 3 rings (SSSR count). The number of carboxylic acids is 2. The Kier molecular flexibility index (Phi) is 8.71. The monoisotopic (exact) mass is 450 g/mol. The molecule has 0 fully saturated rings. The van der Waals surface area contributed by atoms with Gasteiger partial charge in [-0.2, -0.15) is 0 Å². The van der Waals surface area contributed by atoms with E-state index in [0.29, 0.717) is 0 Å². The van der Waals surface area contributed by atoms with Crippen LogP contribution in [0.3, 0.4) is 0 Å². The molecular formula is C29H38O4. The number of hydrogen-bond acceptors (Lipinski definition) is 2. The number of rotatable bonds is 14. The van der Waals surface area contributed by atoms with Crippen molar-refractivity contribution in [3.05, 3.63) is 58.7 Å². The SMILES string of the molecule is Cc1ccc2c(c1)C(CCCCCCC(=O)O)(CCCCCCC(=O)O)c1cc(C)ccc1-2. The topological polar surface area (TPSA) is 74.6 Å². The molecule has 4 heteroatoms. The van der Waals surface area contributed by atoms with Crippen molar-refractivity contribution in [2.75, 3.05) is 0 Å². The van der Waals surface area contributed by atoms with Crippen LogP contribution >= 0.6 is 0 Å². The average Bonchev–Trinajstić information content (AvgIpc) is 3.01. The summed E-state index contributed by atoms with van der Waals surface area (Å²) in [6, 6.07) is 13.7. The predicted octanol–water partition coefficient (Wildman–Crippen LogP) is 7.42. The number of benzene rings is 2. The highest BCUT2D eigenvalue weighted by Crippen LogP contribution is 2.54. The lowest BCUT2D eigenvalue weighted by Gasteiger charge is -2.33. The zero-order chi connectivity index (χ0) is 23.8. The number of carbonyl (C=O) groups is 2. The van der Waals surface area contributed by atoms with Crippen LogP contribution in [0.25, 0.3) is 11.1 Å². The highest BCUT2D eigenvalue weighted by atomic mass is 16.4. The van der Waals surface area contributed by atoms with E-state index in [1.165, 1.54) is 33.4 Å². The standard InChI is InChI=1S/C29H38O4/c1-21-13-15-23-24-16-14-22(2)20-26(24)29(25(23)19-21,17-9-5-3-7-11-27(30)31)18-10-6-4-8-12-28(32)33/h13-16,19-20H,3-12,17-18H2,1-2H3,(H,30,31)(H,32,33). The van der Waals surface area contributed by atoms with E-state index in [1.54, 1.807) is 0 Å². The molecule has 1 aliphatic rings. The number of hydrogen-bond donors (Lipinski definition) is 2. The predicted molar refractivity (Wildman–Crippen MR) is 133 cm³/mol. The van der Waals surface area contributed by atoms with Gasteiger partial charge < -0.3 is 10.2 Å². The summed E-state index contributed by atoms with van der Waals surface area (Å²) in [5.41, 5.74) is 8.15. The van der Waals surface area contributed by atoms with Crippen LogP contribution in [0.1, 0.15) is 99.3 Å². The molecule has 0 bridgehead atoms. The van der Waals surface area contributed by atoms with Crippen LogP contribution in [0.5, 0.6) is 0 Å². The Morgan fingerprint density at radius 3 is 1.42 bits per heavy atom. The van der Waals surface area contributed by atoms with Gasteiger partial charge in [0.2, 0.25) is 0 Å². The second-order valence-electron chi connectivity index (χ2n) is 9.80. The summed E-state index contributed by atoms with van der Waals surface area (Å²) in [6.45, 7) is 4.33. The van der Waals surface area contributed by atoms with E-state index >= 15 is 0 Å². The van der Waals surface area contributed by atoms with Crippen molar-refractivity contribution in [1.82, 2.24) is 0 Å². The van der Waals surface area contributed by atoms with E-state index in [9.17, 15) is 9.59 Å². The van der Waals surface area contributed by atoms with Gasteiger partial charge in [0.1, 0.15) is 0 Å². The molecule has 0 unspecified atom stereocenters. The number of aryl methyl sites for hydroxylation is 2. The Morgan fingerprint density at radius 1 is 0.636 bits per heavy atom. The van der Waals surface area contributed by atoms with Gasteiger partial charge in [0.25, 0.3) is 0 Å². The van der Waals surface area contributed by atoms with E-state index in [1.807, 2.05) is 0 Å². The quantitative estimate of drug-likeness (QED) is 0.294. The van der Waals surface area contributed by atoms with E-state index in [2.05, 4.69) is 50.2 Å². The second-order valence-corrected chi connectivity index (χ2v) is 9.80. The molecule has 0 aliphatic heterocycles. The summed E-state index contributed by atoms with van der Waals surface area (Å²) in [4.78, 5) is 21.7. The van der Waals surface area contributed by atoms with Crippen LogP contribution in [0.15, 0.2) is 36.4 Å². The van der Waals surface area contributed by atoms with Gasteiger partial charge in [-0.15, -0.1) is 0 Å². The maximum absolute atomic E-state index is 10.8. The molecule has 0 saturated carbocycles. The molecule has 2 aromatic carbocycles. The zero-order valence-electron chi connectivity index (χ0n) is 20.2. The van der Waals surface area contributed by atoms with Crippen LogP contribution in [0.2, 0.25) is 0 Å². The molecule has 2 aromatic rings. The molecule has 4 nitrogen and oxygen atoms in total. The minimum Gasteiger partial charge on any atom is -0.481 e. The first-order valence-electron chi connectivity index (χ1n) is 12.5. The Balaban J connectivity index is 1.81. The molecule has 0 aromatic heterocycles. The molecule has 2 N–H and O–H groups in total. The Morgan fingerprint density at radius 2 is 1.03 bits per heavy atom. The summed E-state index contributed by atoms with van der Waals surface area (Å²) in [7, 11) is 0. The highest BCUT2D eigenvalue weighted by molar-refractivity contribution is 5.81. The molecule has 1 aliphatic carbocycles. The summed E-state index contributed by atoms with van der Waals surface area (Å²) in [5, 5.41) is 17.8. The summed E-state index contributed by atoms with van der Waals surface area (Å²) >= 11 is 0. The first-order chi connectivity index (χ1) is 15.8. The summed E-state index contributed by atoms with van der Waals surface area (Å²) in [6.07, 6.45) is 10.3. The number of carboxylic acid groups (broad SMARTS) is 2. The lowest BCUT2D eigenvalue weighted by molar-refractivity contribution is -0.138. The van der Waals surface area contributed by atoms with Crippen LogP contribution in [-0.4, -0.2) is 22.2 Å². The van der Waals surface area contributed by atoms with Gasteiger partial charge in [0.05, 0.1) is 0 Å². The summed E-state index contributed by atoms with van der Waals surface area (Å²) < 4.78 is 0. The van der Waals surface area contributed by atoms with Crippen LogP contribution in [0, 0.1) is 13.8 Å². The van der Waals surface area contributed by atoms with E-state index < -0.39 is 11.9 Å². The first kappa shape index (κ1) is 25.0. The third-order valence-electron chi connectivity index (χ3n) is 7.16. The minimum atomic E-state index is -0.709. The molecule has 33 heavy (non-hydrogen) atoms. The minimum absolute atomic E-state index is 0.0116. The fourth-order valence-electron chi connectivity index (χ4n) is 5.50. The molecule has 0 atom stereocenters. The van der Waals surface area contributed by atoms with Gasteiger partial charge in [-0.25, -0.2) is 0 Å². The fraction of sp³-hybridized carbons (Fsp3) is 0.517. The van der Waals surface area contributed by atoms with Gasteiger partial charge in [-0.05, 0) is 61.8 Å². The number of fused-ring (bicyclic) bond motifs is 3. The van der Waals surface area contributed by atoms with Crippen LogP contribution < -0.4 is 0 Å². The maximum Gasteiger partial charge on any atom is 0.303 e. The molecule has 0 amide bonds. The van der Waals surface area contributed by atoms with Crippen molar-refractivity contribution >= 4 is 11.9 Å². The second kappa shape index (κ2) is 11.5. The van der Waals surface area contributed by atoms with Crippen LogP contribution in [-0.2, 0) is 15.0 Å². The van der Waals surface area contributed by atoms with E-state index in [0.717, 1.165) is 64.2 Å². The van der Waals surface area contributed by atoms with Gasteiger partial charge >= 0.3 is 11.9 Å². The summed E-state index contributed by atoms with van der Waals surface area (Å²) in [5.74, 6) is -1.42. The first-order valence-corrected chi connectivity index (χ1v) is 12.5. The molecule has 0 heterocycles. The van der Waals surface area contributed by atoms with Gasteiger partial charge in [-0.3, -0.25) is 9.59 Å². The third-order valence-corrected chi connectivity index (χ3v) is 7.16. The van der Waals surface area contributed by atoms with Crippen molar-refractivity contribution < 1.29 is 19.8 Å². The molecule has 178 valence electrons. The highest BCUT2D eigenvalue weighted by Gasteiger charge is 2.42. The molecule has 0 spiro atoms. The van der Waals surface area contributed by atoms with E-state index in [-0.39, 0.29) is 18.3 Å². The van der Waals surface area contributed by atoms with Gasteiger partial charge in [-0.1, -0.05) is 86.1 Å². The van der Waals surface area contributed by atoms with Gasteiger partial charge in [0, 0.05) is 18.3 Å². The van der Waals surface area contributed by atoms with E-state index in [4.69, 9.17) is 10.2 Å². The average molecular weight is 451 g/mol. The molecule has 0 saturated heterocycles. The Bertz CT molecular complexity index is 896. The van der Waals surface area contributed by atoms with Crippen molar-refractivity contribution in [2.24, 2.45) is 0 Å². The Hall–Kier alpha value is -2.62. The Labute approximate surface area is 198 Å². The largest absolute Gasteiger partial charge is 0.481 e. The maximum atomic E-state index is 10.8. The number of aliphatic carboxylic acids is 2. The molecule has 0 radical (unpaired) electrons. The van der Waals surface area contributed by atoms with Gasteiger partial charge in [0.15, 0.2) is 0 Å².